The minimum Gasteiger partial charge on any atom is -0.205 e. The Morgan fingerprint density at radius 3 is 2.33 bits per heavy atom. The standard InChI is InChI=1S/C7H12F2N3/c1-4(2)5-6(7(8)9)12(3)11-10-5/h4,6-7H,1-3H3/q+1. The maximum absolute atomic E-state index is 12.4. The Balaban J connectivity index is 2.81. The van der Waals surface area contributed by atoms with E-state index >= 15 is 0 Å². The van der Waals surface area contributed by atoms with E-state index in [1.165, 1.54) is 11.7 Å². The van der Waals surface area contributed by atoms with Crippen LogP contribution in [0.3, 0.4) is 0 Å². The highest BCUT2D eigenvalue weighted by molar-refractivity contribution is 5.90. The Hall–Kier alpha value is -0.870. The zero-order valence-electron chi connectivity index (χ0n) is 7.33. The second kappa shape index (κ2) is 3.25. The van der Waals surface area contributed by atoms with E-state index in [0.717, 1.165) is 0 Å². The summed E-state index contributed by atoms with van der Waals surface area (Å²) in [6, 6.07) is -0.926. The first-order valence-electron chi connectivity index (χ1n) is 3.83. The molecule has 0 aliphatic carbocycles. The van der Waals surface area contributed by atoms with Gasteiger partial charge in [-0.2, -0.15) is 4.70 Å². The van der Waals surface area contributed by atoms with Gasteiger partial charge in [-0.05, 0) is 0 Å². The van der Waals surface area contributed by atoms with Crippen LogP contribution in [0.5, 0.6) is 0 Å². The van der Waals surface area contributed by atoms with Gasteiger partial charge in [0.1, 0.15) is 5.22 Å². The molecule has 1 heterocycles. The van der Waals surface area contributed by atoms with Crippen LogP contribution in [0.25, 0.3) is 0 Å². The Labute approximate surface area is 69.8 Å². The Bertz CT molecular complexity index is 233. The van der Waals surface area contributed by atoms with Gasteiger partial charge in [-0.1, -0.05) is 13.8 Å². The molecule has 12 heavy (non-hydrogen) atoms. The minimum atomic E-state index is -2.41. The lowest BCUT2D eigenvalue weighted by Gasteiger charge is -2.08. The van der Waals surface area contributed by atoms with E-state index in [2.05, 4.69) is 10.3 Å². The van der Waals surface area contributed by atoms with Crippen LogP contribution in [0.1, 0.15) is 13.8 Å². The maximum Gasteiger partial charge on any atom is 0.287 e. The van der Waals surface area contributed by atoms with Gasteiger partial charge in [-0.15, -0.1) is 0 Å². The Morgan fingerprint density at radius 1 is 1.42 bits per heavy atom. The number of hydrogen-bond acceptors (Lipinski definition) is 2. The topological polar surface area (TPSA) is 27.7 Å². The number of nitrogens with zero attached hydrogens (tertiary/aromatic N) is 3. The summed E-state index contributed by atoms with van der Waals surface area (Å²) in [6.07, 6.45) is -2.41. The van der Waals surface area contributed by atoms with Crippen molar-refractivity contribution in [3.05, 3.63) is 0 Å². The molecular weight excluding hydrogens is 164 g/mol. The number of alkyl halides is 2. The summed E-state index contributed by atoms with van der Waals surface area (Å²) in [5.41, 5.74) is 0.465. The van der Waals surface area contributed by atoms with Crippen molar-refractivity contribution >= 4 is 5.71 Å². The molecule has 0 bridgehead atoms. The van der Waals surface area contributed by atoms with E-state index in [1.807, 2.05) is 13.8 Å². The molecule has 0 saturated carbocycles. The molecule has 3 nitrogen and oxygen atoms in total. The van der Waals surface area contributed by atoms with E-state index in [4.69, 9.17) is 0 Å². The van der Waals surface area contributed by atoms with Gasteiger partial charge < -0.3 is 0 Å². The summed E-state index contributed by atoms with van der Waals surface area (Å²) in [7, 11) is 1.51. The Morgan fingerprint density at radius 2 is 2.00 bits per heavy atom. The fourth-order valence-corrected chi connectivity index (χ4v) is 1.18. The maximum atomic E-state index is 12.4. The fourth-order valence-electron chi connectivity index (χ4n) is 1.18. The van der Waals surface area contributed by atoms with Crippen molar-refractivity contribution in [2.45, 2.75) is 26.3 Å². The van der Waals surface area contributed by atoms with Gasteiger partial charge >= 0.3 is 0 Å². The van der Waals surface area contributed by atoms with Gasteiger partial charge in [-0.3, -0.25) is 0 Å². The minimum absolute atomic E-state index is 0.0256. The first-order valence-corrected chi connectivity index (χ1v) is 3.83. The molecule has 0 spiro atoms. The molecule has 0 N–H and O–H groups in total. The van der Waals surface area contributed by atoms with Gasteiger partial charge in [0.25, 0.3) is 6.43 Å². The van der Waals surface area contributed by atoms with Crippen LogP contribution in [0.4, 0.5) is 8.78 Å². The molecule has 5 heteroatoms. The smallest absolute Gasteiger partial charge is 0.205 e. The molecule has 0 fully saturated rings. The molecule has 0 aromatic carbocycles. The lowest BCUT2D eigenvalue weighted by Crippen LogP contribution is -2.36. The summed E-state index contributed by atoms with van der Waals surface area (Å²) >= 11 is 0. The summed E-state index contributed by atoms with van der Waals surface area (Å²) in [5, 5.41) is 7.29. The van der Waals surface area contributed by atoms with Crippen LogP contribution in [-0.2, 0) is 0 Å². The van der Waals surface area contributed by atoms with E-state index in [1.54, 1.807) is 0 Å². The molecule has 1 aliphatic heterocycles. The summed E-state index contributed by atoms with van der Waals surface area (Å²) in [5.74, 6) is 0.0256. The van der Waals surface area contributed by atoms with Gasteiger partial charge in [0.15, 0.2) is 0 Å². The average molecular weight is 176 g/mol. The third kappa shape index (κ3) is 1.49. The number of rotatable bonds is 2. The van der Waals surface area contributed by atoms with Crippen LogP contribution >= 0.6 is 0 Å². The second-order valence-electron chi connectivity index (χ2n) is 3.12. The SMILES string of the molecule is CC(C)C1=NN=[N+](C)C1C(F)F. The fraction of sp³-hybridized carbons (Fsp3) is 0.857. The summed E-state index contributed by atoms with van der Waals surface area (Å²) in [4.78, 5) is 0. The van der Waals surface area contributed by atoms with E-state index < -0.39 is 12.5 Å². The third-order valence-corrected chi connectivity index (χ3v) is 1.84. The van der Waals surface area contributed by atoms with E-state index in [-0.39, 0.29) is 5.92 Å². The second-order valence-corrected chi connectivity index (χ2v) is 3.12. The van der Waals surface area contributed by atoms with Gasteiger partial charge in [0, 0.05) is 5.92 Å². The molecule has 0 amide bonds. The number of hydrogen-bond donors (Lipinski definition) is 0. The van der Waals surface area contributed by atoms with Gasteiger partial charge in [0.2, 0.25) is 11.8 Å². The lowest BCUT2D eigenvalue weighted by atomic mass is 10.0. The molecule has 1 rings (SSSR count). The third-order valence-electron chi connectivity index (χ3n) is 1.84. The van der Waals surface area contributed by atoms with Crippen LogP contribution in [0.2, 0.25) is 0 Å². The van der Waals surface area contributed by atoms with Crippen LogP contribution < -0.4 is 0 Å². The zero-order valence-corrected chi connectivity index (χ0v) is 7.33. The van der Waals surface area contributed by atoms with Crippen molar-refractivity contribution in [3.63, 3.8) is 0 Å². The first kappa shape index (κ1) is 9.22. The normalized spacial score (nSPS) is 23.4. The van der Waals surface area contributed by atoms with Crippen molar-refractivity contribution in [1.82, 2.24) is 0 Å². The van der Waals surface area contributed by atoms with Crippen molar-refractivity contribution in [2.24, 2.45) is 16.2 Å². The first-order chi connectivity index (χ1) is 5.54. The molecule has 0 aromatic rings. The summed E-state index contributed by atoms with van der Waals surface area (Å²) in [6.45, 7) is 3.67. The van der Waals surface area contributed by atoms with E-state index in [9.17, 15) is 8.78 Å². The lowest BCUT2D eigenvalue weighted by molar-refractivity contribution is -0.592. The van der Waals surface area contributed by atoms with E-state index in [0.29, 0.717) is 5.71 Å². The highest BCUT2D eigenvalue weighted by Gasteiger charge is 2.41. The zero-order chi connectivity index (χ0) is 9.30. The van der Waals surface area contributed by atoms with Crippen LogP contribution in [0, 0.1) is 5.92 Å². The highest BCUT2D eigenvalue weighted by atomic mass is 19.3. The van der Waals surface area contributed by atoms with Gasteiger partial charge in [-0.25, -0.2) is 8.78 Å². The molecule has 0 radical (unpaired) electrons. The van der Waals surface area contributed by atoms with Crippen LogP contribution in [0.15, 0.2) is 10.3 Å². The van der Waals surface area contributed by atoms with Crippen molar-refractivity contribution in [3.8, 4) is 0 Å². The molecule has 0 saturated heterocycles. The summed E-state index contributed by atoms with van der Waals surface area (Å²) < 4.78 is 26.0. The average Bonchev–Trinajstić information content (AvgIpc) is 2.30. The van der Waals surface area contributed by atoms with Gasteiger partial charge in [0.05, 0.1) is 12.1 Å². The molecular formula is C7H12F2N3+. The molecule has 0 aromatic heterocycles. The largest absolute Gasteiger partial charge is 0.287 e. The quantitative estimate of drug-likeness (QED) is 0.573. The molecule has 1 aliphatic rings. The predicted molar refractivity (Wildman–Crippen MR) is 40.7 cm³/mol. The van der Waals surface area contributed by atoms with Crippen molar-refractivity contribution < 1.29 is 13.5 Å². The Kier molecular flexibility index (Phi) is 2.49. The molecule has 1 unspecified atom stereocenters. The van der Waals surface area contributed by atoms with Crippen LogP contribution in [-0.4, -0.2) is 29.9 Å². The molecule has 68 valence electrons. The predicted octanol–water partition coefficient (Wildman–Crippen LogP) is 1.74. The monoisotopic (exact) mass is 176 g/mol. The van der Waals surface area contributed by atoms with Crippen molar-refractivity contribution in [1.29, 1.82) is 0 Å². The molecule has 1 atom stereocenters. The highest BCUT2D eigenvalue weighted by Crippen LogP contribution is 2.17. The van der Waals surface area contributed by atoms with Crippen molar-refractivity contribution in [2.75, 3.05) is 7.05 Å². The number of halogens is 2.